The fraction of sp³-hybridized carbons (Fsp3) is 0.400. The summed E-state index contributed by atoms with van der Waals surface area (Å²) in [7, 11) is 0. The maximum atomic E-state index is 4.28. The van der Waals surface area contributed by atoms with Crippen LogP contribution in [0.1, 0.15) is 18.1 Å². The Bertz CT molecular complexity index is 449. The highest BCUT2D eigenvalue weighted by molar-refractivity contribution is 9.10. The van der Waals surface area contributed by atoms with E-state index in [0.29, 0.717) is 0 Å². The Labute approximate surface area is 107 Å². The Kier molecular flexibility index (Phi) is 4.03. The van der Waals surface area contributed by atoms with E-state index in [-0.39, 0.29) is 0 Å². The molecule has 90 valence electrons. The van der Waals surface area contributed by atoms with Crippen LogP contribution >= 0.6 is 15.9 Å². The zero-order valence-electron chi connectivity index (χ0n) is 9.44. The number of H-pyrrole nitrogens is 1. The van der Waals surface area contributed by atoms with E-state index in [2.05, 4.69) is 46.4 Å². The van der Waals surface area contributed by atoms with Gasteiger partial charge in [0.05, 0.1) is 0 Å². The molecular formula is C10H13BrN6. The van der Waals surface area contributed by atoms with E-state index >= 15 is 0 Å². The highest BCUT2D eigenvalue weighted by atomic mass is 79.9. The molecule has 0 aliphatic heterocycles. The van der Waals surface area contributed by atoms with Crippen molar-refractivity contribution in [3.05, 3.63) is 28.6 Å². The summed E-state index contributed by atoms with van der Waals surface area (Å²) in [6.45, 7) is 2.70. The van der Waals surface area contributed by atoms with Gasteiger partial charge < -0.3 is 5.32 Å². The van der Waals surface area contributed by atoms with Crippen LogP contribution in [0.25, 0.3) is 0 Å². The van der Waals surface area contributed by atoms with Gasteiger partial charge in [-0.25, -0.2) is 15.0 Å². The molecule has 0 fully saturated rings. The molecule has 2 aromatic heterocycles. The third-order valence-electron chi connectivity index (χ3n) is 2.17. The SMILES string of the molecule is Cc1nc(Br)cc(NCCCc2ncn[nH]2)n1. The smallest absolute Gasteiger partial charge is 0.137 e. The summed E-state index contributed by atoms with van der Waals surface area (Å²) in [5, 5.41) is 9.88. The van der Waals surface area contributed by atoms with Gasteiger partial charge in [0, 0.05) is 19.0 Å². The maximum Gasteiger partial charge on any atom is 0.137 e. The standard InChI is InChI=1S/C10H13BrN6/c1-7-15-8(11)5-10(16-7)12-4-2-3-9-13-6-14-17-9/h5-6H,2-4H2,1H3,(H,12,15,16)(H,13,14,17). The lowest BCUT2D eigenvalue weighted by Gasteiger charge is -2.05. The van der Waals surface area contributed by atoms with Crippen LogP contribution in [0.5, 0.6) is 0 Å². The maximum absolute atomic E-state index is 4.28. The Morgan fingerprint density at radius 2 is 2.29 bits per heavy atom. The third-order valence-corrected chi connectivity index (χ3v) is 2.57. The minimum atomic E-state index is 0.747. The van der Waals surface area contributed by atoms with Crippen molar-refractivity contribution in [3.8, 4) is 0 Å². The number of hydrogen-bond donors (Lipinski definition) is 2. The first-order chi connectivity index (χ1) is 8.24. The highest BCUT2D eigenvalue weighted by Crippen LogP contribution is 2.11. The van der Waals surface area contributed by atoms with Crippen LogP contribution in [-0.2, 0) is 6.42 Å². The van der Waals surface area contributed by atoms with Gasteiger partial charge in [-0.1, -0.05) is 0 Å². The fourth-order valence-corrected chi connectivity index (χ4v) is 1.92. The molecule has 2 rings (SSSR count). The minimum absolute atomic E-state index is 0.747. The van der Waals surface area contributed by atoms with Gasteiger partial charge in [0.25, 0.3) is 0 Å². The largest absolute Gasteiger partial charge is 0.370 e. The van der Waals surface area contributed by atoms with Crippen LogP contribution in [0.2, 0.25) is 0 Å². The summed E-state index contributed by atoms with van der Waals surface area (Å²) >= 11 is 3.34. The second-order valence-corrected chi connectivity index (χ2v) is 4.40. The summed E-state index contributed by atoms with van der Waals surface area (Å²) in [6, 6.07) is 1.86. The molecule has 0 bridgehead atoms. The molecular weight excluding hydrogens is 284 g/mol. The van der Waals surface area contributed by atoms with E-state index in [1.165, 1.54) is 6.33 Å². The lowest BCUT2D eigenvalue weighted by Crippen LogP contribution is -2.06. The van der Waals surface area contributed by atoms with E-state index in [4.69, 9.17) is 0 Å². The summed E-state index contributed by atoms with van der Waals surface area (Å²) in [5.41, 5.74) is 0. The van der Waals surface area contributed by atoms with Gasteiger partial charge in [-0.15, -0.1) is 0 Å². The van der Waals surface area contributed by atoms with Crippen LogP contribution < -0.4 is 5.32 Å². The van der Waals surface area contributed by atoms with E-state index in [9.17, 15) is 0 Å². The number of rotatable bonds is 5. The van der Waals surface area contributed by atoms with Crippen molar-refractivity contribution in [1.29, 1.82) is 0 Å². The van der Waals surface area contributed by atoms with Gasteiger partial charge >= 0.3 is 0 Å². The van der Waals surface area contributed by atoms with Gasteiger partial charge in [0.2, 0.25) is 0 Å². The lowest BCUT2D eigenvalue weighted by atomic mass is 10.3. The zero-order valence-corrected chi connectivity index (χ0v) is 11.0. The molecule has 2 N–H and O–H groups in total. The number of aromatic amines is 1. The summed E-state index contributed by atoms with van der Waals surface area (Å²) in [4.78, 5) is 12.5. The van der Waals surface area contributed by atoms with Crippen LogP contribution in [0.3, 0.4) is 0 Å². The summed E-state index contributed by atoms with van der Waals surface area (Å²) in [6.07, 6.45) is 3.36. The molecule has 0 aliphatic rings. The second-order valence-electron chi connectivity index (χ2n) is 3.59. The summed E-state index contributed by atoms with van der Waals surface area (Å²) < 4.78 is 0.794. The average Bonchev–Trinajstić information content (AvgIpc) is 2.76. The van der Waals surface area contributed by atoms with Crippen LogP contribution in [0, 0.1) is 6.92 Å². The van der Waals surface area contributed by atoms with Crippen molar-refractivity contribution in [2.45, 2.75) is 19.8 Å². The molecule has 0 aliphatic carbocycles. The number of hydrogen-bond acceptors (Lipinski definition) is 5. The number of halogens is 1. The number of nitrogens with one attached hydrogen (secondary N) is 2. The molecule has 0 amide bonds. The fourth-order valence-electron chi connectivity index (χ4n) is 1.45. The molecule has 0 saturated carbocycles. The highest BCUT2D eigenvalue weighted by Gasteiger charge is 1.99. The Morgan fingerprint density at radius 1 is 1.41 bits per heavy atom. The average molecular weight is 297 g/mol. The first-order valence-corrected chi connectivity index (χ1v) is 6.12. The molecule has 17 heavy (non-hydrogen) atoms. The molecule has 0 unspecified atom stereocenters. The number of aryl methyl sites for hydroxylation is 2. The van der Waals surface area contributed by atoms with Crippen LogP contribution in [0.15, 0.2) is 17.0 Å². The predicted molar refractivity (Wildman–Crippen MR) is 67.7 cm³/mol. The van der Waals surface area contributed by atoms with Crippen molar-refractivity contribution < 1.29 is 0 Å². The normalized spacial score (nSPS) is 10.5. The quantitative estimate of drug-likeness (QED) is 0.649. The van der Waals surface area contributed by atoms with Crippen molar-refractivity contribution in [3.63, 3.8) is 0 Å². The topological polar surface area (TPSA) is 79.4 Å². The molecule has 0 spiro atoms. The van der Waals surface area contributed by atoms with Gasteiger partial charge in [0.1, 0.15) is 28.4 Å². The molecule has 0 atom stereocenters. The van der Waals surface area contributed by atoms with Crippen molar-refractivity contribution in [2.75, 3.05) is 11.9 Å². The van der Waals surface area contributed by atoms with Crippen LogP contribution in [0.4, 0.5) is 5.82 Å². The van der Waals surface area contributed by atoms with E-state index in [0.717, 1.165) is 41.5 Å². The molecule has 2 heterocycles. The lowest BCUT2D eigenvalue weighted by molar-refractivity contribution is 0.802. The summed E-state index contributed by atoms with van der Waals surface area (Å²) in [5.74, 6) is 2.49. The number of aromatic nitrogens is 5. The van der Waals surface area contributed by atoms with Crippen molar-refractivity contribution >= 4 is 21.7 Å². The first-order valence-electron chi connectivity index (χ1n) is 5.33. The van der Waals surface area contributed by atoms with E-state index in [1.54, 1.807) is 0 Å². The van der Waals surface area contributed by atoms with Gasteiger partial charge in [-0.2, -0.15) is 5.10 Å². The predicted octanol–water partition coefficient (Wildman–Crippen LogP) is 1.71. The Balaban J connectivity index is 1.78. The minimum Gasteiger partial charge on any atom is -0.370 e. The van der Waals surface area contributed by atoms with E-state index < -0.39 is 0 Å². The molecule has 2 aromatic rings. The zero-order chi connectivity index (χ0) is 12.1. The second kappa shape index (κ2) is 5.72. The number of nitrogens with zero attached hydrogens (tertiary/aromatic N) is 4. The third kappa shape index (κ3) is 3.77. The van der Waals surface area contributed by atoms with E-state index in [1.807, 2.05) is 13.0 Å². The molecule has 6 nitrogen and oxygen atoms in total. The molecule has 0 saturated heterocycles. The number of anilines is 1. The van der Waals surface area contributed by atoms with Crippen molar-refractivity contribution in [2.24, 2.45) is 0 Å². The molecule has 0 radical (unpaired) electrons. The van der Waals surface area contributed by atoms with Crippen LogP contribution in [-0.4, -0.2) is 31.7 Å². The monoisotopic (exact) mass is 296 g/mol. The molecule has 0 aromatic carbocycles. The van der Waals surface area contributed by atoms with Gasteiger partial charge in [0.15, 0.2) is 0 Å². The Morgan fingerprint density at radius 3 is 3.00 bits per heavy atom. The van der Waals surface area contributed by atoms with Gasteiger partial charge in [-0.3, -0.25) is 5.10 Å². The molecule has 7 heteroatoms. The van der Waals surface area contributed by atoms with Crippen molar-refractivity contribution in [1.82, 2.24) is 25.1 Å². The first kappa shape index (κ1) is 12.0. The van der Waals surface area contributed by atoms with Gasteiger partial charge in [-0.05, 0) is 29.3 Å². The Hall–Kier alpha value is -1.50.